The molecule has 6 heteroatoms. The number of pyridine rings is 1. The van der Waals surface area contributed by atoms with Crippen LogP contribution in [0, 0.1) is 12.8 Å². The van der Waals surface area contributed by atoms with E-state index in [9.17, 15) is 4.79 Å². The topological polar surface area (TPSA) is 57.3 Å². The van der Waals surface area contributed by atoms with Gasteiger partial charge in [0.05, 0.1) is 22.5 Å². The predicted molar refractivity (Wildman–Crippen MR) is 116 cm³/mol. The molecule has 1 fully saturated rings. The lowest BCUT2D eigenvalue weighted by Gasteiger charge is -2.29. The molecule has 1 amide bonds. The molecule has 2 N–H and O–H groups in total. The van der Waals surface area contributed by atoms with Gasteiger partial charge in [0.15, 0.2) is 0 Å². The van der Waals surface area contributed by atoms with Crippen LogP contribution < -0.4 is 15.5 Å². The summed E-state index contributed by atoms with van der Waals surface area (Å²) in [7, 11) is 4.02. The molecule has 5 nitrogen and oxygen atoms in total. The number of hydrogen-bond acceptors (Lipinski definition) is 4. The van der Waals surface area contributed by atoms with Gasteiger partial charge in [-0.3, -0.25) is 4.79 Å². The van der Waals surface area contributed by atoms with E-state index in [0.29, 0.717) is 16.5 Å². The minimum Gasteiger partial charge on any atom is -0.376 e. The van der Waals surface area contributed by atoms with E-state index in [0.717, 1.165) is 49.3 Å². The van der Waals surface area contributed by atoms with Gasteiger partial charge in [-0.25, -0.2) is 4.98 Å². The third kappa shape index (κ3) is 5.38. The van der Waals surface area contributed by atoms with E-state index in [1.54, 1.807) is 6.07 Å². The summed E-state index contributed by atoms with van der Waals surface area (Å²) in [5.41, 5.74) is 2.70. The molecule has 1 aromatic heterocycles. The van der Waals surface area contributed by atoms with Gasteiger partial charge in [-0.05, 0) is 62.8 Å². The molecule has 150 valence electrons. The highest BCUT2D eigenvalue weighted by Gasteiger charge is 2.23. The molecule has 1 heterocycles. The summed E-state index contributed by atoms with van der Waals surface area (Å²) in [5.74, 6) is 1.45. The Morgan fingerprint density at radius 3 is 2.57 bits per heavy atom. The van der Waals surface area contributed by atoms with Crippen molar-refractivity contribution in [1.82, 2.24) is 10.3 Å². The number of halogens is 1. The van der Waals surface area contributed by atoms with Crippen LogP contribution in [-0.4, -0.2) is 37.6 Å². The first kappa shape index (κ1) is 20.5. The van der Waals surface area contributed by atoms with E-state index in [2.05, 4.69) is 21.7 Å². The number of aromatic nitrogens is 1. The number of amides is 1. The zero-order valence-corrected chi connectivity index (χ0v) is 17.6. The van der Waals surface area contributed by atoms with Crippen LogP contribution in [0.4, 0.5) is 11.5 Å². The van der Waals surface area contributed by atoms with E-state index in [1.807, 2.05) is 50.3 Å². The molecule has 1 aliphatic carbocycles. The normalized spacial score (nSPS) is 19.1. The first-order valence-electron chi connectivity index (χ1n) is 9.86. The average molecular weight is 401 g/mol. The lowest BCUT2D eigenvalue weighted by atomic mass is 9.86. The Hall–Kier alpha value is -2.27. The summed E-state index contributed by atoms with van der Waals surface area (Å²) in [6.45, 7) is 2.88. The van der Waals surface area contributed by atoms with Crippen LogP contribution in [0.5, 0.6) is 0 Å². The van der Waals surface area contributed by atoms with Crippen molar-refractivity contribution in [3.8, 4) is 0 Å². The average Bonchev–Trinajstić information content (AvgIpc) is 2.69. The zero-order valence-electron chi connectivity index (χ0n) is 16.8. The highest BCUT2D eigenvalue weighted by molar-refractivity contribution is 6.33. The molecule has 1 aliphatic rings. The van der Waals surface area contributed by atoms with Crippen LogP contribution in [0.3, 0.4) is 0 Å². The fourth-order valence-corrected chi connectivity index (χ4v) is 3.79. The molecule has 2 aromatic rings. The standard InChI is InChI=1S/C22H29ClN4O/c1-15-4-10-20(23)19(12-15)22(28)26-17-7-5-16(6-8-17)13-24-21-11-9-18(14-25-21)27(2)3/h4,9-12,14,16-17H,5-8,13H2,1-3H3,(H,24,25)(H,26,28). The summed E-state index contributed by atoms with van der Waals surface area (Å²) >= 11 is 6.18. The molecule has 0 atom stereocenters. The SMILES string of the molecule is Cc1ccc(Cl)c(C(=O)NC2CCC(CNc3ccc(N(C)C)cn3)CC2)c1. The van der Waals surface area contributed by atoms with Crippen LogP contribution in [0.15, 0.2) is 36.5 Å². The number of anilines is 2. The first-order valence-corrected chi connectivity index (χ1v) is 10.2. The second-order valence-corrected chi connectivity index (χ2v) is 8.26. The predicted octanol–water partition coefficient (Wildman–Crippen LogP) is 4.51. The Labute approximate surface area is 172 Å². The lowest BCUT2D eigenvalue weighted by Crippen LogP contribution is -2.38. The minimum absolute atomic E-state index is 0.0690. The van der Waals surface area contributed by atoms with E-state index in [-0.39, 0.29) is 11.9 Å². The maximum absolute atomic E-state index is 12.5. The van der Waals surface area contributed by atoms with Gasteiger partial charge in [0, 0.05) is 26.7 Å². The zero-order chi connectivity index (χ0) is 20.1. The van der Waals surface area contributed by atoms with Crippen molar-refractivity contribution in [3.05, 3.63) is 52.7 Å². The van der Waals surface area contributed by atoms with Gasteiger partial charge in [-0.1, -0.05) is 23.2 Å². The Morgan fingerprint density at radius 2 is 1.93 bits per heavy atom. The number of hydrogen-bond donors (Lipinski definition) is 2. The van der Waals surface area contributed by atoms with Crippen LogP contribution >= 0.6 is 11.6 Å². The van der Waals surface area contributed by atoms with E-state index >= 15 is 0 Å². The number of carbonyl (C=O) groups is 1. The summed E-state index contributed by atoms with van der Waals surface area (Å²) < 4.78 is 0. The van der Waals surface area contributed by atoms with E-state index in [4.69, 9.17) is 11.6 Å². The highest BCUT2D eigenvalue weighted by atomic mass is 35.5. The number of carbonyl (C=O) groups excluding carboxylic acids is 1. The highest BCUT2D eigenvalue weighted by Crippen LogP contribution is 2.26. The number of benzene rings is 1. The summed E-state index contributed by atoms with van der Waals surface area (Å²) in [6, 6.07) is 9.86. The van der Waals surface area contributed by atoms with Gasteiger partial charge in [-0.2, -0.15) is 0 Å². The van der Waals surface area contributed by atoms with Gasteiger partial charge in [0.25, 0.3) is 5.91 Å². The van der Waals surface area contributed by atoms with Crippen molar-refractivity contribution < 1.29 is 4.79 Å². The minimum atomic E-state index is -0.0690. The third-order valence-electron chi connectivity index (χ3n) is 5.38. The Balaban J connectivity index is 1.44. The second kappa shape index (κ2) is 9.28. The number of nitrogens with one attached hydrogen (secondary N) is 2. The Morgan fingerprint density at radius 1 is 1.18 bits per heavy atom. The molecule has 1 aromatic carbocycles. The Bertz CT molecular complexity index is 799. The van der Waals surface area contributed by atoms with Crippen molar-refractivity contribution in [2.24, 2.45) is 5.92 Å². The quantitative estimate of drug-likeness (QED) is 0.749. The molecule has 0 bridgehead atoms. The molecule has 28 heavy (non-hydrogen) atoms. The summed E-state index contributed by atoms with van der Waals surface area (Å²) in [6.07, 6.45) is 6.05. The summed E-state index contributed by atoms with van der Waals surface area (Å²) in [5, 5.41) is 7.10. The number of nitrogens with zero attached hydrogens (tertiary/aromatic N) is 2. The molecule has 1 saturated carbocycles. The smallest absolute Gasteiger partial charge is 0.253 e. The van der Waals surface area contributed by atoms with Crippen LogP contribution in [0.2, 0.25) is 5.02 Å². The van der Waals surface area contributed by atoms with Crippen molar-refractivity contribution in [2.75, 3.05) is 30.9 Å². The third-order valence-corrected chi connectivity index (χ3v) is 5.71. The maximum Gasteiger partial charge on any atom is 0.253 e. The first-order chi connectivity index (χ1) is 13.4. The summed E-state index contributed by atoms with van der Waals surface area (Å²) in [4.78, 5) is 19.0. The van der Waals surface area contributed by atoms with E-state index < -0.39 is 0 Å². The van der Waals surface area contributed by atoms with Crippen LogP contribution in [0.1, 0.15) is 41.6 Å². The van der Waals surface area contributed by atoms with E-state index in [1.165, 1.54) is 0 Å². The van der Waals surface area contributed by atoms with Crippen molar-refractivity contribution in [2.45, 2.75) is 38.6 Å². The monoisotopic (exact) mass is 400 g/mol. The largest absolute Gasteiger partial charge is 0.376 e. The van der Waals surface area contributed by atoms with Gasteiger partial charge >= 0.3 is 0 Å². The molecule has 0 aliphatic heterocycles. The maximum atomic E-state index is 12.5. The molecule has 3 rings (SSSR count). The van der Waals surface area contributed by atoms with Gasteiger partial charge in [-0.15, -0.1) is 0 Å². The molecule has 0 saturated heterocycles. The van der Waals surface area contributed by atoms with Crippen LogP contribution in [-0.2, 0) is 0 Å². The van der Waals surface area contributed by atoms with Gasteiger partial charge in [0.1, 0.15) is 5.82 Å². The fraction of sp³-hybridized carbons (Fsp3) is 0.455. The number of aryl methyl sites for hydroxylation is 1. The van der Waals surface area contributed by atoms with Gasteiger partial charge < -0.3 is 15.5 Å². The second-order valence-electron chi connectivity index (χ2n) is 7.85. The van der Waals surface area contributed by atoms with Gasteiger partial charge in [0.2, 0.25) is 0 Å². The Kier molecular flexibility index (Phi) is 6.79. The van der Waals surface area contributed by atoms with Crippen LogP contribution in [0.25, 0.3) is 0 Å². The number of rotatable bonds is 6. The van der Waals surface area contributed by atoms with Crippen molar-refractivity contribution in [1.29, 1.82) is 0 Å². The molecular formula is C22H29ClN4O. The fourth-order valence-electron chi connectivity index (χ4n) is 3.59. The molecule has 0 spiro atoms. The lowest BCUT2D eigenvalue weighted by molar-refractivity contribution is 0.0923. The van der Waals surface area contributed by atoms with Crippen molar-refractivity contribution >= 4 is 29.0 Å². The molecule has 0 unspecified atom stereocenters. The molecular weight excluding hydrogens is 372 g/mol. The van der Waals surface area contributed by atoms with Crippen molar-refractivity contribution in [3.63, 3.8) is 0 Å². The molecule has 0 radical (unpaired) electrons.